The number of aromatic nitrogens is 2. The van der Waals surface area contributed by atoms with Gasteiger partial charge in [0.1, 0.15) is 18.2 Å². The summed E-state index contributed by atoms with van der Waals surface area (Å²) in [6.45, 7) is 5.96. The van der Waals surface area contributed by atoms with Crippen molar-refractivity contribution in [3.05, 3.63) is 59.4 Å². The third kappa shape index (κ3) is 3.57. The number of ether oxygens (including phenoxy) is 1. The molecule has 0 spiro atoms. The summed E-state index contributed by atoms with van der Waals surface area (Å²) in [6, 6.07) is 16.2. The number of rotatable bonds is 6. The van der Waals surface area contributed by atoms with Gasteiger partial charge in [-0.25, -0.2) is 4.98 Å². The molecule has 0 aliphatic carbocycles. The second-order valence-electron chi connectivity index (χ2n) is 6.83. The van der Waals surface area contributed by atoms with E-state index < -0.39 is 0 Å². The maximum atomic E-state index is 5.94. The number of benzene rings is 2. The average Bonchev–Trinajstić information content (AvgIpc) is 3.31. The highest BCUT2D eigenvalue weighted by Crippen LogP contribution is 2.27. The van der Waals surface area contributed by atoms with Crippen LogP contribution >= 0.6 is 11.6 Å². The summed E-state index contributed by atoms with van der Waals surface area (Å²) in [5.74, 6) is 1.97. The molecule has 1 aliphatic heterocycles. The molecule has 2 aromatic carbocycles. The molecule has 1 unspecified atom stereocenters. The molecule has 1 saturated heterocycles. The van der Waals surface area contributed by atoms with E-state index in [0.29, 0.717) is 12.6 Å². The summed E-state index contributed by atoms with van der Waals surface area (Å²) in [5.41, 5.74) is 2.23. The predicted octanol–water partition coefficient (Wildman–Crippen LogP) is 4.93. The lowest BCUT2D eigenvalue weighted by atomic mass is 10.2. The summed E-state index contributed by atoms with van der Waals surface area (Å²) < 4.78 is 8.24. The normalized spacial score (nSPS) is 16.2. The summed E-state index contributed by atoms with van der Waals surface area (Å²) in [7, 11) is 0. The highest BCUT2D eigenvalue weighted by Gasteiger charge is 2.24. The topological polar surface area (TPSA) is 30.3 Å². The van der Waals surface area contributed by atoms with Crippen LogP contribution in [-0.2, 0) is 6.54 Å². The van der Waals surface area contributed by atoms with Gasteiger partial charge in [-0.05, 0) is 69.3 Å². The van der Waals surface area contributed by atoms with E-state index in [1.165, 1.54) is 18.4 Å². The van der Waals surface area contributed by atoms with Crippen molar-refractivity contribution in [2.75, 3.05) is 19.7 Å². The van der Waals surface area contributed by atoms with Crippen molar-refractivity contribution in [3.8, 4) is 5.75 Å². The summed E-state index contributed by atoms with van der Waals surface area (Å²) in [5, 5.41) is 0.722. The fourth-order valence-corrected chi connectivity index (χ4v) is 3.85. The summed E-state index contributed by atoms with van der Waals surface area (Å²) >= 11 is 5.94. The van der Waals surface area contributed by atoms with E-state index >= 15 is 0 Å². The van der Waals surface area contributed by atoms with Crippen LogP contribution < -0.4 is 4.74 Å². The van der Waals surface area contributed by atoms with Gasteiger partial charge in [0.2, 0.25) is 0 Å². The average molecular weight is 370 g/mol. The molecule has 2 heterocycles. The van der Waals surface area contributed by atoms with E-state index in [0.717, 1.165) is 41.7 Å². The minimum absolute atomic E-state index is 0.320. The van der Waals surface area contributed by atoms with Crippen LogP contribution in [0.25, 0.3) is 11.0 Å². The van der Waals surface area contributed by atoms with Gasteiger partial charge in [-0.15, -0.1) is 0 Å². The number of likely N-dealkylation sites (tertiary alicyclic amines) is 1. The molecule has 0 bridgehead atoms. The Hall–Kier alpha value is -2.04. The van der Waals surface area contributed by atoms with Gasteiger partial charge in [0.05, 0.1) is 23.6 Å². The Balaban J connectivity index is 1.55. The lowest BCUT2D eigenvalue weighted by Crippen LogP contribution is -2.26. The third-order valence-electron chi connectivity index (χ3n) is 5.14. The molecule has 136 valence electrons. The second-order valence-corrected chi connectivity index (χ2v) is 7.27. The van der Waals surface area contributed by atoms with Gasteiger partial charge < -0.3 is 9.30 Å². The Labute approximate surface area is 159 Å². The highest BCUT2D eigenvalue weighted by molar-refractivity contribution is 6.30. The van der Waals surface area contributed by atoms with Crippen molar-refractivity contribution in [1.29, 1.82) is 0 Å². The van der Waals surface area contributed by atoms with Gasteiger partial charge in [0, 0.05) is 5.02 Å². The van der Waals surface area contributed by atoms with E-state index in [4.69, 9.17) is 21.3 Å². The lowest BCUT2D eigenvalue weighted by molar-refractivity contribution is 0.241. The van der Waals surface area contributed by atoms with E-state index in [1.807, 2.05) is 30.3 Å². The van der Waals surface area contributed by atoms with Crippen LogP contribution in [-0.4, -0.2) is 34.1 Å². The van der Waals surface area contributed by atoms with Crippen LogP contribution in [0.4, 0.5) is 0 Å². The van der Waals surface area contributed by atoms with E-state index in [2.05, 4.69) is 34.6 Å². The Bertz CT molecular complexity index is 869. The number of imidazole rings is 1. The zero-order chi connectivity index (χ0) is 17.9. The molecule has 0 saturated carbocycles. The van der Waals surface area contributed by atoms with Crippen molar-refractivity contribution in [1.82, 2.24) is 14.5 Å². The van der Waals surface area contributed by atoms with Gasteiger partial charge in [-0.1, -0.05) is 23.7 Å². The Morgan fingerprint density at radius 3 is 2.58 bits per heavy atom. The van der Waals surface area contributed by atoms with Gasteiger partial charge in [-0.2, -0.15) is 0 Å². The number of hydrogen-bond acceptors (Lipinski definition) is 3. The largest absolute Gasteiger partial charge is 0.492 e. The van der Waals surface area contributed by atoms with Crippen LogP contribution in [0, 0.1) is 0 Å². The van der Waals surface area contributed by atoms with Gasteiger partial charge in [-0.3, -0.25) is 4.90 Å². The Morgan fingerprint density at radius 1 is 1.08 bits per heavy atom. The molecule has 1 aliphatic rings. The first-order chi connectivity index (χ1) is 12.7. The summed E-state index contributed by atoms with van der Waals surface area (Å²) in [4.78, 5) is 7.47. The molecule has 4 nitrogen and oxygen atoms in total. The molecule has 4 rings (SSSR count). The molecule has 0 radical (unpaired) electrons. The van der Waals surface area contributed by atoms with Gasteiger partial charge in [0.15, 0.2) is 0 Å². The maximum Gasteiger partial charge on any atom is 0.127 e. The first-order valence-corrected chi connectivity index (χ1v) is 9.68. The van der Waals surface area contributed by atoms with Crippen molar-refractivity contribution in [3.63, 3.8) is 0 Å². The van der Waals surface area contributed by atoms with Gasteiger partial charge in [0.25, 0.3) is 0 Å². The molecule has 26 heavy (non-hydrogen) atoms. The fraction of sp³-hybridized carbons (Fsp3) is 0.381. The molecule has 1 aromatic heterocycles. The quantitative estimate of drug-likeness (QED) is 0.617. The SMILES string of the molecule is CC(c1nc2ccccc2n1CCOc1ccc(Cl)cc1)N1CCCC1. The van der Waals surface area contributed by atoms with E-state index in [9.17, 15) is 0 Å². The van der Waals surface area contributed by atoms with Crippen molar-refractivity contribution < 1.29 is 4.74 Å². The first-order valence-electron chi connectivity index (χ1n) is 9.30. The van der Waals surface area contributed by atoms with Crippen LogP contribution in [0.5, 0.6) is 5.75 Å². The second kappa shape index (κ2) is 7.68. The minimum atomic E-state index is 0.320. The highest BCUT2D eigenvalue weighted by atomic mass is 35.5. The number of fused-ring (bicyclic) bond motifs is 1. The molecule has 0 amide bonds. The van der Waals surface area contributed by atoms with Crippen LogP contribution in [0.3, 0.4) is 0 Å². The first kappa shape index (κ1) is 17.4. The van der Waals surface area contributed by atoms with Crippen LogP contribution in [0.15, 0.2) is 48.5 Å². The molecular formula is C21H24ClN3O. The standard InChI is InChI=1S/C21H24ClN3O/c1-16(24-12-4-5-13-24)21-23-19-6-2-3-7-20(19)25(21)14-15-26-18-10-8-17(22)9-11-18/h2-3,6-11,16H,4-5,12-15H2,1H3. The van der Waals surface area contributed by atoms with Crippen LogP contribution in [0.1, 0.15) is 31.6 Å². The lowest BCUT2D eigenvalue weighted by Gasteiger charge is -2.24. The van der Waals surface area contributed by atoms with Crippen molar-refractivity contribution in [2.45, 2.75) is 32.4 Å². The number of nitrogens with zero attached hydrogens (tertiary/aromatic N) is 3. The van der Waals surface area contributed by atoms with Crippen molar-refractivity contribution >= 4 is 22.6 Å². The number of hydrogen-bond donors (Lipinski definition) is 0. The molecule has 1 fully saturated rings. The van der Waals surface area contributed by atoms with Gasteiger partial charge >= 0.3 is 0 Å². The number of para-hydroxylation sites is 2. The molecule has 3 aromatic rings. The number of halogens is 1. The molecular weight excluding hydrogens is 346 g/mol. The summed E-state index contributed by atoms with van der Waals surface area (Å²) in [6.07, 6.45) is 2.56. The monoisotopic (exact) mass is 369 g/mol. The van der Waals surface area contributed by atoms with Crippen molar-refractivity contribution in [2.24, 2.45) is 0 Å². The smallest absolute Gasteiger partial charge is 0.127 e. The molecule has 5 heteroatoms. The van der Waals surface area contributed by atoms with E-state index in [-0.39, 0.29) is 0 Å². The predicted molar refractivity (Wildman–Crippen MR) is 106 cm³/mol. The van der Waals surface area contributed by atoms with E-state index in [1.54, 1.807) is 0 Å². The minimum Gasteiger partial charge on any atom is -0.492 e. The third-order valence-corrected chi connectivity index (χ3v) is 5.40. The zero-order valence-corrected chi connectivity index (χ0v) is 15.8. The fourth-order valence-electron chi connectivity index (χ4n) is 3.73. The Kier molecular flexibility index (Phi) is 5.14. The van der Waals surface area contributed by atoms with Crippen LogP contribution in [0.2, 0.25) is 5.02 Å². The molecule has 0 N–H and O–H groups in total. The maximum absolute atomic E-state index is 5.94. The molecule has 1 atom stereocenters. The zero-order valence-electron chi connectivity index (χ0n) is 15.1. The Morgan fingerprint density at radius 2 is 1.81 bits per heavy atom.